The van der Waals surface area contributed by atoms with Gasteiger partial charge in [-0.25, -0.2) is 0 Å². The lowest BCUT2D eigenvalue weighted by Gasteiger charge is -2.29. The highest BCUT2D eigenvalue weighted by molar-refractivity contribution is 7.98. The van der Waals surface area contributed by atoms with Crippen LogP contribution in [-0.2, 0) is 4.79 Å². The fourth-order valence-electron chi connectivity index (χ4n) is 2.02. The van der Waals surface area contributed by atoms with Crippen molar-refractivity contribution in [2.24, 2.45) is 11.7 Å². The number of piperidine rings is 1. The van der Waals surface area contributed by atoms with Crippen LogP contribution in [0, 0.1) is 5.92 Å². The third kappa shape index (κ3) is 5.75. The summed E-state index contributed by atoms with van der Waals surface area (Å²) in [5.41, 5.74) is 5.81. The number of carbonyl (C=O) groups is 1. The van der Waals surface area contributed by atoms with Gasteiger partial charge < -0.3 is 16.0 Å². The van der Waals surface area contributed by atoms with E-state index < -0.39 is 0 Å². The van der Waals surface area contributed by atoms with Gasteiger partial charge >= 0.3 is 0 Å². The Kier molecular flexibility index (Phi) is 6.92. The Balaban J connectivity index is 2.14. The third-order valence-corrected chi connectivity index (χ3v) is 4.02. The van der Waals surface area contributed by atoms with E-state index in [-0.39, 0.29) is 11.9 Å². The van der Waals surface area contributed by atoms with Crippen LogP contribution in [0.15, 0.2) is 0 Å². The summed E-state index contributed by atoms with van der Waals surface area (Å²) in [7, 11) is 2.15. The zero-order chi connectivity index (χ0) is 12.7. The Morgan fingerprint density at radius 1 is 1.53 bits per heavy atom. The summed E-state index contributed by atoms with van der Waals surface area (Å²) < 4.78 is 0. The molecule has 4 nitrogen and oxygen atoms in total. The van der Waals surface area contributed by atoms with Crippen LogP contribution in [0.2, 0.25) is 0 Å². The molecule has 0 unspecified atom stereocenters. The predicted molar refractivity (Wildman–Crippen MR) is 74.2 cm³/mol. The van der Waals surface area contributed by atoms with Gasteiger partial charge in [0.2, 0.25) is 5.91 Å². The number of nitrogens with zero attached hydrogens (tertiary/aromatic N) is 1. The molecule has 1 atom stereocenters. The van der Waals surface area contributed by atoms with Crippen molar-refractivity contribution in [1.29, 1.82) is 0 Å². The lowest BCUT2D eigenvalue weighted by atomic mass is 9.97. The molecule has 0 spiro atoms. The molecule has 0 bridgehead atoms. The fraction of sp³-hybridized carbons (Fsp3) is 0.917. The van der Waals surface area contributed by atoms with Gasteiger partial charge in [0.15, 0.2) is 0 Å². The molecule has 1 fully saturated rings. The number of nitrogens with one attached hydrogen (secondary N) is 1. The minimum absolute atomic E-state index is 0.0120. The van der Waals surface area contributed by atoms with Gasteiger partial charge in [-0.3, -0.25) is 4.79 Å². The van der Waals surface area contributed by atoms with Crippen LogP contribution in [0.5, 0.6) is 0 Å². The molecule has 1 aliphatic heterocycles. The van der Waals surface area contributed by atoms with Crippen molar-refractivity contribution in [3.63, 3.8) is 0 Å². The molecule has 0 aromatic heterocycles. The van der Waals surface area contributed by atoms with Gasteiger partial charge in [0.25, 0.3) is 0 Å². The normalized spacial score (nSPS) is 20.2. The first-order chi connectivity index (χ1) is 8.13. The van der Waals surface area contributed by atoms with Crippen molar-refractivity contribution in [2.45, 2.75) is 25.3 Å². The Bertz CT molecular complexity index is 230. The maximum absolute atomic E-state index is 11.7. The summed E-state index contributed by atoms with van der Waals surface area (Å²) >= 11 is 1.73. The number of nitrogens with two attached hydrogens (primary N) is 1. The number of carbonyl (C=O) groups excluding carboxylic acids is 1. The number of amides is 1. The molecule has 0 aromatic rings. The lowest BCUT2D eigenvalue weighted by Crippen LogP contribution is -2.44. The molecule has 1 aliphatic rings. The molecular weight excluding hydrogens is 234 g/mol. The van der Waals surface area contributed by atoms with Crippen LogP contribution in [0.4, 0.5) is 0 Å². The Labute approximate surface area is 109 Å². The summed E-state index contributed by atoms with van der Waals surface area (Å²) in [6.07, 6.45) is 5.15. The molecule has 17 heavy (non-hydrogen) atoms. The largest absolute Gasteiger partial charge is 0.354 e. The minimum atomic E-state index is -0.339. The van der Waals surface area contributed by atoms with Crippen molar-refractivity contribution < 1.29 is 4.79 Å². The first kappa shape index (κ1) is 14.8. The average molecular weight is 259 g/mol. The van der Waals surface area contributed by atoms with Crippen LogP contribution in [0.25, 0.3) is 0 Å². The first-order valence-electron chi connectivity index (χ1n) is 6.34. The van der Waals surface area contributed by atoms with E-state index in [1.54, 1.807) is 11.8 Å². The van der Waals surface area contributed by atoms with E-state index >= 15 is 0 Å². The molecule has 3 N–H and O–H groups in total. The van der Waals surface area contributed by atoms with E-state index in [1.165, 1.54) is 12.8 Å². The smallest absolute Gasteiger partial charge is 0.236 e. The molecule has 1 amide bonds. The van der Waals surface area contributed by atoms with Gasteiger partial charge in [0.05, 0.1) is 6.04 Å². The Morgan fingerprint density at radius 3 is 2.76 bits per heavy atom. The highest BCUT2D eigenvalue weighted by atomic mass is 32.2. The molecule has 1 saturated heterocycles. The predicted octanol–water partition coefficient (Wildman–Crippen LogP) is 0.525. The zero-order valence-corrected chi connectivity index (χ0v) is 11.8. The van der Waals surface area contributed by atoms with Gasteiger partial charge in [-0.15, -0.1) is 0 Å². The molecule has 0 aromatic carbocycles. The highest BCUT2D eigenvalue weighted by Crippen LogP contribution is 2.14. The second kappa shape index (κ2) is 7.95. The van der Waals surface area contributed by atoms with E-state index in [1.807, 2.05) is 6.26 Å². The summed E-state index contributed by atoms with van der Waals surface area (Å²) in [4.78, 5) is 14.0. The monoisotopic (exact) mass is 259 g/mol. The van der Waals surface area contributed by atoms with Crippen LogP contribution in [-0.4, -0.2) is 55.5 Å². The standard InChI is InChI=1S/C12H25N3OS/c1-15-6-3-10(4-7-15)9-14-12(16)11(13)5-8-17-2/h10-11H,3-9,13H2,1-2H3,(H,14,16)/t11-/m0/s1. The summed E-state index contributed by atoms with van der Waals surface area (Å²) in [6, 6.07) is -0.339. The van der Waals surface area contributed by atoms with E-state index in [0.29, 0.717) is 5.92 Å². The van der Waals surface area contributed by atoms with Gasteiger partial charge in [0.1, 0.15) is 0 Å². The molecule has 0 radical (unpaired) electrons. The Hall–Kier alpha value is -0.260. The molecule has 5 heteroatoms. The number of thioether (sulfide) groups is 1. The fourth-order valence-corrected chi connectivity index (χ4v) is 2.51. The number of hydrogen-bond acceptors (Lipinski definition) is 4. The van der Waals surface area contributed by atoms with Gasteiger partial charge in [-0.1, -0.05) is 0 Å². The van der Waals surface area contributed by atoms with Crippen LogP contribution in [0.3, 0.4) is 0 Å². The second-order valence-corrected chi connectivity index (χ2v) is 5.87. The van der Waals surface area contributed by atoms with Crippen molar-refractivity contribution in [1.82, 2.24) is 10.2 Å². The van der Waals surface area contributed by atoms with Crippen LogP contribution in [0.1, 0.15) is 19.3 Å². The summed E-state index contributed by atoms with van der Waals surface area (Å²) in [5, 5.41) is 2.98. The molecule has 0 aliphatic carbocycles. The minimum Gasteiger partial charge on any atom is -0.354 e. The maximum Gasteiger partial charge on any atom is 0.236 e. The quantitative estimate of drug-likeness (QED) is 0.730. The first-order valence-corrected chi connectivity index (χ1v) is 7.73. The molecule has 1 rings (SSSR count). The van der Waals surface area contributed by atoms with Crippen molar-refractivity contribution >= 4 is 17.7 Å². The van der Waals surface area contributed by atoms with E-state index in [9.17, 15) is 4.79 Å². The molecule has 1 heterocycles. The number of hydrogen-bond donors (Lipinski definition) is 2. The van der Waals surface area contributed by atoms with Gasteiger partial charge in [-0.05, 0) is 57.3 Å². The molecule has 100 valence electrons. The number of rotatable bonds is 6. The van der Waals surface area contributed by atoms with E-state index in [2.05, 4.69) is 17.3 Å². The summed E-state index contributed by atoms with van der Waals surface area (Å²) in [5.74, 6) is 1.59. The van der Waals surface area contributed by atoms with Crippen molar-refractivity contribution in [3.05, 3.63) is 0 Å². The second-order valence-electron chi connectivity index (χ2n) is 4.88. The highest BCUT2D eigenvalue weighted by Gasteiger charge is 2.18. The van der Waals surface area contributed by atoms with Crippen LogP contribution >= 0.6 is 11.8 Å². The SMILES string of the molecule is CSCC[C@H](N)C(=O)NCC1CCN(C)CC1. The van der Waals surface area contributed by atoms with Crippen molar-refractivity contribution in [3.8, 4) is 0 Å². The van der Waals surface area contributed by atoms with E-state index in [4.69, 9.17) is 5.73 Å². The van der Waals surface area contributed by atoms with E-state index in [0.717, 1.165) is 31.8 Å². The molecule has 0 saturated carbocycles. The average Bonchev–Trinajstić information content (AvgIpc) is 2.34. The van der Waals surface area contributed by atoms with Gasteiger partial charge in [0, 0.05) is 6.54 Å². The number of likely N-dealkylation sites (tertiary alicyclic amines) is 1. The zero-order valence-electron chi connectivity index (χ0n) is 10.9. The third-order valence-electron chi connectivity index (χ3n) is 3.37. The summed E-state index contributed by atoms with van der Waals surface area (Å²) in [6.45, 7) is 3.07. The Morgan fingerprint density at radius 2 is 2.18 bits per heavy atom. The van der Waals surface area contributed by atoms with Crippen molar-refractivity contribution in [2.75, 3.05) is 38.7 Å². The molecular formula is C12H25N3OS. The lowest BCUT2D eigenvalue weighted by molar-refractivity contribution is -0.122. The van der Waals surface area contributed by atoms with Gasteiger partial charge in [-0.2, -0.15) is 11.8 Å². The topological polar surface area (TPSA) is 58.4 Å². The maximum atomic E-state index is 11.7. The van der Waals surface area contributed by atoms with Crippen LogP contribution < -0.4 is 11.1 Å².